The van der Waals surface area contributed by atoms with Gasteiger partial charge in [-0.05, 0) is 39.0 Å². The Bertz CT molecular complexity index is 905. The molecular weight excluding hydrogens is 326 g/mol. The fraction of sp³-hybridized carbons (Fsp3) is 0.188. The highest BCUT2D eigenvalue weighted by molar-refractivity contribution is 7.99. The number of nitro groups is 1. The van der Waals surface area contributed by atoms with Crippen LogP contribution in [0.5, 0.6) is 0 Å². The highest BCUT2D eigenvalue weighted by Crippen LogP contribution is 2.35. The third-order valence-electron chi connectivity index (χ3n) is 3.40. The van der Waals surface area contributed by atoms with Gasteiger partial charge in [-0.2, -0.15) is 5.10 Å². The van der Waals surface area contributed by atoms with Crippen molar-refractivity contribution in [1.82, 2.24) is 19.7 Å². The molecule has 0 spiro atoms. The van der Waals surface area contributed by atoms with Crippen LogP contribution in [0.3, 0.4) is 0 Å². The summed E-state index contributed by atoms with van der Waals surface area (Å²) >= 11 is 1.24. The highest BCUT2D eigenvalue weighted by Gasteiger charge is 2.26. The van der Waals surface area contributed by atoms with Gasteiger partial charge in [0.2, 0.25) is 5.82 Å². The minimum absolute atomic E-state index is 0.144. The van der Waals surface area contributed by atoms with Crippen LogP contribution in [0.25, 0.3) is 5.82 Å². The van der Waals surface area contributed by atoms with Crippen molar-refractivity contribution in [3.05, 3.63) is 63.7 Å². The van der Waals surface area contributed by atoms with Crippen molar-refractivity contribution in [1.29, 1.82) is 0 Å². The minimum Gasteiger partial charge on any atom is -0.258 e. The van der Waals surface area contributed by atoms with E-state index in [2.05, 4.69) is 15.1 Å². The van der Waals surface area contributed by atoms with Gasteiger partial charge >= 0.3 is 5.69 Å². The van der Waals surface area contributed by atoms with Crippen LogP contribution in [0.2, 0.25) is 0 Å². The summed E-state index contributed by atoms with van der Waals surface area (Å²) in [4.78, 5) is 20.3. The van der Waals surface area contributed by atoms with Crippen LogP contribution in [0.15, 0.2) is 46.6 Å². The molecule has 0 aliphatic heterocycles. The second-order valence-electron chi connectivity index (χ2n) is 5.36. The van der Waals surface area contributed by atoms with E-state index in [1.165, 1.54) is 22.8 Å². The molecule has 1 aromatic carbocycles. The third kappa shape index (κ3) is 3.13. The first-order valence-electron chi connectivity index (χ1n) is 7.23. The minimum atomic E-state index is -0.456. The molecule has 8 heteroatoms. The van der Waals surface area contributed by atoms with Gasteiger partial charge in [0.15, 0.2) is 5.03 Å². The predicted molar refractivity (Wildman–Crippen MR) is 90.6 cm³/mol. The third-order valence-corrected chi connectivity index (χ3v) is 4.40. The molecule has 0 N–H and O–H groups in total. The lowest BCUT2D eigenvalue weighted by atomic mass is 10.2. The first kappa shape index (κ1) is 16.1. The Balaban J connectivity index is 2.10. The topological polar surface area (TPSA) is 86.7 Å². The zero-order valence-electron chi connectivity index (χ0n) is 13.4. The number of nitrogens with zero attached hydrogens (tertiary/aromatic N) is 5. The maximum atomic E-state index is 11.6. The van der Waals surface area contributed by atoms with Crippen LogP contribution in [-0.2, 0) is 0 Å². The first-order valence-corrected chi connectivity index (χ1v) is 8.05. The summed E-state index contributed by atoms with van der Waals surface area (Å²) in [5, 5.41) is 16.2. The first-order chi connectivity index (χ1) is 11.5. The summed E-state index contributed by atoms with van der Waals surface area (Å²) in [5.41, 5.74) is 2.53. The largest absolute Gasteiger partial charge is 0.346 e. The van der Waals surface area contributed by atoms with Crippen molar-refractivity contribution < 1.29 is 4.92 Å². The van der Waals surface area contributed by atoms with Crippen molar-refractivity contribution in [2.75, 3.05) is 0 Å². The number of benzene rings is 1. The molecule has 3 aromatic rings. The van der Waals surface area contributed by atoms with E-state index in [-0.39, 0.29) is 11.5 Å². The van der Waals surface area contributed by atoms with Gasteiger partial charge in [0.25, 0.3) is 0 Å². The van der Waals surface area contributed by atoms with Crippen molar-refractivity contribution in [2.45, 2.75) is 30.7 Å². The molecule has 0 atom stereocenters. The molecule has 0 amide bonds. The normalized spacial score (nSPS) is 10.8. The van der Waals surface area contributed by atoms with Crippen LogP contribution in [0.1, 0.15) is 17.0 Å². The lowest BCUT2D eigenvalue weighted by Crippen LogP contribution is -2.08. The Morgan fingerprint density at radius 2 is 1.83 bits per heavy atom. The predicted octanol–water partition coefficient (Wildman–Crippen LogP) is 3.65. The summed E-state index contributed by atoms with van der Waals surface area (Å²) in [7, 11) is 0. The molecule has 0 aliphatic carbocycles. The molecule has 0 saturated carbocycles. The summed E-state index contributed by atoms with van der Waals surface area (Å²) in [6, 6.07) is 9.58. The van der Waals surface area contributed by atoms with Crippen molar-refractivity contribution >= 4 is 17.4 Å². The molecular formula is C16H15N5O2S. The molecule has 0 radical (unpaired) electrons. The quantitative estimate of drug-likeness (QED) is 0.409. The smallest absolute Gasteiger partial charge is 0.258 e. The van der Waals surface area contributed by atoms with Crippen LogP contribution in [0.4, 0.5) is 5.69 Å². The van der Waals surface area contributed by atoms with Crippen LogP contribution < -0.4 is 0 Å². The molecule has 3 rings (SSSR count). The maximum Gasteiger partial charge on any atom is 0.346 e. The van der Waals surface area contributed by atoms with Gasteiger partial charge in [-0.25, -0.2) is 14.6 Å². The summed E-state index contributed by atoms with van der Waals surface area (Å²) in [6.07, 6.45) is 1.33. The number of hydrogen-bond acceptors (Lipinski definition) is 6. The van der Waals surface area contributed by atoms with Crippen molar-refractivity contribution in [3.8, 4) is 5.82 Å². The van der Waals surface area contributed by atoms with Gasteiger partial charge in [0.1, 0.15) is 6.33 Å². The molecule has 0 fully saturated rings. The van der Waals surface area contributed by atoms with Crippen molar-refractivity contribution in [3.63, 3.8) is 0 Å². The van der Waals surface area contributed by atoms with Gasteiger partial charge in [-0.3, -0.25) is 10.1 Å². The zero-order chi connectivity index (χ0) is 17.3. The Hall–Kier alpha value is -2.74. The number of aromatic nitrogens is 4. The highest BCUT2D eigenvalue weighted by atomic mass is 32.2. The lowest BCUT2D eigenvalue weighted by Gasteiger charge is -2.07. The van der Waals surface area contributed by atoms with Gasteiger partial charge in [0.05, 0.1) is 10.6 Å². The summed E-state index contributed by atoms with van der Waals surface area (Å²) in [6.45, 7) is 5.65. The fourth-order valence-electron chi connectivity index (χ4n) is 2.30. The molecule has 24 heavy (non-hydrogen) atoms. The molecule has 122 valence electrons. The Morgan fingerprint density at radius 3 is 2.42 bits per heavy atom. The number of hydrogen-bond donors (Lipinski definition) is 0. The van der Waals surface area contributed by atoms with Crippen LogP contribution >= 0.6 is 11.8 Å². The van der Waals surface area contributed by atoms with Crippen LogP contribution in [0, 0.1) is 30.9 Å². The van der Waals surface area contributed by atoms with E-state index in [0.29, 0.717) is 5.03 Å². The van der Waals surface area contributed by atoms with E-state index in [4.69, 9.17) is 0 Å². The van der Waals surface area contributed by atoms with Crippen LogP contribution in [-0.4, -0.2) is 24.7 Å². The fourth-order valence-corrected chi connectivity index (χ4v) is 3.16. The number of aryl methyl sites for hydroxylation is 3. The SMILES string of the molecule is Cc1ccc(Sc2ncnc(-n3nc(C)cc3C)c2[N+](=O)[O-])cc1. The van der Waals surface area contributed by atoms with E-state index in [9.17, 15) is 10.1 Å². The average Bonchev–Trinajstić information content (AvgIpc) is 2.87. The van der Waals surface area contributed by atoms with E-state index < -0.39 is 4.92 Å². The molecule has 2 heterocycles. The second-order valence-corrected chi connectivity index (χ2v) is 6.42. The van der Waals surface area contributed by atoms with Gasteiger partial charge in [-0.1, -0.05) is 29.5 Å². The number of rotatable bonds is 4. The monoisotopic (exact) mass is 341 g/mol. The van der Waals surface area contributed by atoms with E-state index in [0.717, 1.165) is 21.8 Å². The second kappa shape index (κ2) is 6.40. The Morgan fingerprint density at radius 1 is 1.12 bits per heavy atom. The lowest BCUT2D eigenvalue weighted by molar-refractivity contribution is -0.388. The van der Waals surface area contributed by atoms with E-state index in [1.54, 1.807) is 0 Å². The van der Waals surface area contributed by atoms with E-state index in [1.807, 2.05) is 51.1 Å². The van der Waals surface area contributed by atoms with E-state index >= 15 is 0 Å². The zero-order valence-corrected chi connectivity index (χ0v) is 14.2. The molecule has 0 unspecified atom stereocenters. The molecule has 0 bridgehead atoms. The average molecular weight is 341 g/mol. The molecule has 7 nitrogen and oxygen atoms in total. The maximum absolute atomic E-state index is 11.6. The summed E-state index contributed by atoms with van der Waals surface area (Å²) < 4.78 is 1.48. The molecule has 2 aromatic heterocycles. The van der Waals surface area contributed by atoms with Gasteiger partial charge in [-0.15, -0.1) is 0 Å². The van der Waals surface area contributed by atoms with Gasteiger partial charge in [0, 0.05) is 10.6 Å². The van der Waals surface area contributed by atoms with Crippen molar-refractivity contribution in [2.24, 2.45) is 0 Å². The molecule has 0 aliphatic rings. The Labute approximate surface area is 142 Å². The van der Waals surface area contributed by atoms with Gasteiger partial charge < -0.3 is 0 Å². The Kier molecular flexibility index (Phi) is 4.30. The molecule has 0 saturated heterocycles. The standard InChI is InChI=1S/C16H15N5O2S/c1-10-4-6-13(7-5-10)24-16-14(21(22)23)15(17-9-18-16)20-12(3)8-11(2)19-20/h4-9H,1-3H3. The summed E-state index contributed by atoms with van der Waals surface area (Å²) in [5.74, 6) is 0.176.